The van der Waals surface area contributed by atoms with Crippen molar-refractivity contribution in [2.24, 2.45) is 10.7 Å². The summed E-state index contributed by atoms with van der Waals surface area (Å²) >= 11 is 3.25. The van der Waals surface area contributed by atoms with Crippen LogP contribution in [0.25, 0.3) is 0 Å². The van der Waals surface area contributed by atoms with E-state index in [2.05, 4.69) is 31.2 Å². The minimum atomic E-state index is -0.240. The van der Waals surface area contributed by atoms with Crippen molar-refractivity contribution in [2.45, 2.75) is 11.9 Å². The number of hydrogen-bond donors (Lipinski definition) is 2. The molecule has 0 fully saturated rings. The number of rotatable bonds is 5. The first-order chi connectivity index (χ1) is 6.65. The lowest BCUT2D eigenvalue weighted by Gasteiger charge is -2.05. The quantitative estimate of drug-likeness (QED) is 0.330. The molecule has 0 aromatic carbocycles. The summed E-state index contributed by atoms with van der Waals surface area (Å²) in [6.07, 6.45) is 1.63. The maximum atomic E-state index is 8.73. The van der Waals surface area contributed by atoms with Crippen LogP contribution in [0.4, 0.5) is 0 Å². The van der Waals surface area contributed by atoms with Crippen molar-refractivity contribution in [1.82, 2.24) is 5.48 Å². The number of nitriles is 1. The topological polar surface area (TPSA) is 83.4 Å². The summed E-state index contributed by atoms with van der Waals surface area (Å²) in [5, 5.41) is 8.73. The first-order valence-electron chi connectivity index (χ1n) is 3.95. The molecule has 0 rings (SSSR count). The molecule has 0 saturated carbocycles. The highest BCUT2D eigenvalue weighted by Gasteiger charge is 2.05. The van der Waals surface area contributed by atoms with Crippen LogP contribution in [0.2, 0.25) is 0 Å². The highest BCUT2D eigenvalue weighted by molar-refractivity contribution is 9.09. The van der Waals surface area contributed by atoms with E-state index >= 15 is 0 Å². The summed E-state index contributed by atoms with van der Waals surface area (Å²) in [5.74, 6) is 0. The van der Waals surface area contributed by atoms with E-state index < -0.39 is 0 Å². The minimum Gasteiger partial charge on any atom is -0.397 e. The van der Waals surface area contributed by atoms with E-state index in [0.29, 0.717) is 12.2 Å². The Hall–Kier alpha value is -0.900. The van der Waals surface area contributed by atoms with Crippen LogP contribution in [0, 0.1) is 11.3 Å². The maximum Gasteiger partial charge on any atom is 0.159 e. The largest absolute Gasteiger partial charge is 0.397 e. The van der Waals surface area contributed by atoms with Gasteiger partial charge in [0, 0.05) is 0 Å². The van der Waals surface area contributed by atoms with Gasteiger partial charge in [-0.1, -0.05) is 22.0 Å². The number of hydrogen-bond acceptors (Lipinski definition) is 5. The van der Waals surface area contributed by atoms with Crippen molar-refractivity contribution in [3.8, 4) is 6.07 Å². The Morgan fingerprint density at radius 1 is 1.86 bits per heavy atom. The Balaban J connectivity index is 4.38. The smallest absolute Gasteiger partial charge is 0.159 e. The lowest BCUT2D eigenvalue weighted by Crippen LogP contribution is -2.22. The Bertz CT molecular complexity index is 269. The van der Waals surface area contributed by atoms with Gasteiger partial charge in [0.05, 0.1) is 19.4 Å². The molecular weight excluding hydrogens is 248 g/mol. The number of nitrogens with two attached hydrogens (primary N) is 1. The SMILES string of the molecule is C/C=C(/N)C(C#N)=NC(Br)CNOC. The van der Waals surface area contributed by atoms with Crippen LogP contribution in [0.5, 0.6) is 0 Å². The van der Waals surface area contributed by atoms with Gasteiger partial charge in [-0.15, -0.1) is 0 Å². The summed E-state index contributed by atoms with van der Waals surface area (Å²) in [6.45, 7) is 2.21. The van der Waals surface area contributed by atoms with Gasteiger partial charge < -0.3 is 10.6 Å². The Labute approximate surface area is 91.7 Å². The zero-order valence-electron chi connectivity index (χ0n) is 8.12. The molecule has 0 saturated heterocycles. The van der Waals surface area contributed by atoms with Crippen LogP contribution < -0.4 is 11.2 Å². The van der Waals surface area contributed by atoms with E-state index in [0.717, 1.165) is 0 Å². The number of hydroxylamine groups is 1. The van der Waals surface area contributed by atoms with Crippen LogP contribution >= 0.6 is 15.9 Å². The number of nitrogens with zero attached hydrogens (tertiary/aromatic N) is 2. The minimum absolute atomic E-state index is 0.215. The predicted octanol–water partition coefficient (Wildman–Crippen LogP) is 0.685. The van der Waals surface area contributed by atoms with Gasteiger partial charge in [0.2, 0.25) is 0 Å². The average molecular weight is 261 g/mol. The first kappa shape index (κ1) is 13.1. The van der Waals surface area contributed by atoms with E-state index in [9.17, 15) is 0 Å². The number of alkyl halides is 1. The van der Waals surface area contributed by atoms with Gasteiger partial charge in [0.15, 0.2) is 5.71 Å². The van der Waals surface area contributed by atoms with Gasteiger partial charge >= 0.3 is 0 Å². The molecule has 0 spiro atoms. The highest BCUT2D eigenvalue weighted by Crippen LogP contribution is 2.02. The molecule has 0 aliphatic carbocycles. The molecule has 3 N–H and O–H groups in total. The molecule has 78 valence electrons. The van der Waals surface area contributed by atoms with Gasteiger partial charge in [0.1, 0.15) is 11.0 Å². The summed E-state index contributed by atoms with van der Waals surface area (Å²) in [5.41, 5.74) is 8.74. The lowest BCUT2D eigenvalue weighted by molar-refractivity contribution is 0.0930. The first-order valence-corrected chi connectivity index (χ1v) is 4.87. The number of halogens is 1. The van der Waals surface area contributed by atoms with Gasteiger partial charge in [-0.25, -0.2) is 0 Å². The molecule has 0 bridgehead atoms. The van der Waals surface area contributed by atoms with E-state index in [4.69, 9.17) is 11.0 Å². The molecule has 0 heterocycles. The molecule has 6 heteroatoms. The fraction of sp³-hybridized carbons (Fsp3) is 0.500. The standard InChI is InChI=1S/C8H13BrN4O/c1-3-6(11)7(4-10)13-8(9)5-12-14-2/h3,8,12H,5,11H2,1-2H3/b6-3+,13-7?. The van der Waals surface area contributed by atoms with E-state index in [-0.39, 0.29) is 10.7 Å². The molecule has 0 aromatic heterocycles. The predicted molar refractivity (Wildman–Crippen MR) is 58.7 cm³/mol. The molecule has 0 aliphatic rings. The molecule has 0 amide bonds. The van der Waals surface area contributed by atoms with Crippen molar-refractivity contribution in [3.63, 3.8) is 0 Å². The normalized spacial score (nSPS) is 15.0. The summed E-state index contributed by atoms with van der Waals surface area (Å²) in [7, 11) is 1.51. The van der Waals surface area contributed by atoms with Gasteiger partial charge in [-0.05, 0) is 6.92 Å². The van der Waals surface area contributed by atoms with Gasteiger partial charge in [0.25, 0.3) is 0 Å². The van der Waals surface area contributed by atoms with Crippen molar-refractivity contribution < 1.29 is 4.84 Å². The fourth-order valence-corrected chi connectivity index (χ4v) is 0.979. The van der Waals surface area contributed by atoms with Crippen molar-refractivity contribution in [1.29, 1.82) is 5.26 Å². The van der Waals surface area contributed by atoms with Gasteiger partial charge in [-0.2, -0.15) is 10.7 Å². The van der Waals surface area contributed by atoms with E-state index in [1.807, 2.05) is 6.07 Å². The second-order valence-corrected chi connectivity index (χ2v) is 3.38. The maximum absolute atomic E-state index is 8.73. The Kier molecular flexibility index (Phi) is 7.02. The number of aliphatic imine (C=N–C) groups is 1. The summed E-state index contributed by atoms with van der Waals surface area (Å²) in [6, 6.07) is 1.92. The zero-order chi connectivity index (χ0) is 11.0. The highest BCUT2D eigenvalue weighted by atomic mass is 79.9. The van der Waals surface area contributed by atoms with Crippen LogP contribution in [-0.4, -0.2) is 24.3 Å². The molecule has 0 aromatic rings. The zero-order valence-corrected chi connectivity index (χ0v) is 9.71. The van der Waals surface area contributed by atoms with Crippen LogP contribution in [0.1, 0.15) is 6.92 Å². The third-order valence-corrected chi connectivity index (χ3v) is 1.88. The number of nitrogens with one attached hydrogen (secondary N) is 1. The van der Waals surface area contributed by atoms with Crippen molar-refractivity contribution in [3.05, 3.63) is 11.8 Å². The second kappa shape index (κ2) is 7.50. The molecular formula is C8H13BrN4O. The van der Waals surface area contributed by atoms with Crippen molar-refractivity contribution >= 4 is 21.6 Å². The second-order valence-electron chi connectivity index (χ2n) is 2.32. The fourth-order valence-electron chi connectivity index (χ4n) is 0.642. The van der Waals surface area contributed by atoms with Crippen LogP contribution in [0.3, 0.4) is 0 Å². The lowest BCUT2D eigenvalue weighted by atomic mass is 10.3. The molecule has 0 aliphatic heterocycles. The molecule has 1 atom stereocenters. The van der Waals surface area contributed by atoms with Crippen LogP contribution in [0.15, 0.2) is 16.8 Å². The van der Waals surface area contributed by atoms with Gasteiger partial charge in [-0.3, -0.25) is 4.99 Å². The molecule has 0 radical (unpaired) electrons. The average Bonchev–Trinajstić information content (AvgIpc) is 2.21. The monoisotopic (exact) mass is 260 g/mol. The van der Waals surface area contributed by atoms with E-state index in [1.165, 1.54) is 7.11 Å². The molecule has 1 unspecified atom stereocenters. The summed E-state index contributed by atoms with van der Waals surface area (Å²) < 4.78 is 0. The van der Waals surface area contributed by atoms with E-state index in [1.54, 1.807) is 13.0 Å². The van der Waals surface area contributed by atoms with Crippen molar-refractivity contribution in [2.75, 3.05) is 13.7 Å². The third kappa shape index (κ3) is 4.97. The van der Waals surface area contributed by atoms with Crippen LogP contribution in [-0.2, 0) is 4.84 Å². The Morgan fingerprint density at radius 2 is 2.50 bits per heavy atom. The molecule has 14 heavy (non-hydrogen) atoms. The Morgan fingerprint density at radius 3 is 2.93 bits per heavy atom. The number of allylic oxidation sites excluding steroid dienone is 2. The molecule has 5 nitrogen and oxygen atoms in total. The third-order valence-electron chi connectivity index (χ3n) is 1.36. The summed E-state index contributed by atoms with van der Waals surface area (Å²) in [4.78, 5) is 8.44.